The summed E-state index contributed by atoms with van der Waals surface area (Å²) in [6.07, 6.45) is 17.6. The second-order valence-electron chi connectivity index (χ2n) is 13.3. The van der Waals surface area contributed by atoms with Crippen molar-refractivity contribution in [2.45, 2.75) is 114 Å². The van der Waals surface area contributed by atoms with E-state index in [9.17, 15) is 5.11 Å². The smallest absolute Gasteiger partial charge is 0.102 e. The van der Waals surface area contributed by atoms with Gasteiger partial charge in [0.05, 0.1) is 17.9 Å². The van der Waals surface area contributed by atoms with Gasteiger partial charge in [0.1, 0.15) is 5.60 Å². The van der Waals surface area contributed by atoms with Gasteiger partial charge in [0, 0.05) is 36.9 Å². The highest BCUT2D eigenvalue weighted by Crippen LogP contribution is 2.72. The summed E-state index contributed by atoms with van der Waals surface area (Å²) in [6, 6.07) is 2.71. The van der Waals surface area contributed by atoms with Crippen LogP contribution in [-0.2, 0) is 15.1 Å². The highest BCUT2D eigenvalue weighted by molar-refractivity contribution is 5.31. The molecule has 6 nitrogen and oxygen atoms in total. The monoisotopic (exact) mass is 497 g/mol. The maximum absolute atomic E-state index is 12.6. The van der Waals surface area contributed by atoms with E-state index in [1.807, 2.05) is 19.4 Å². The van der Waals surface area contributed by atoms with Crippen LogP contribution in [0.15, 0.2) is 18.5 Å². The highest BCUT2D eigenvalue weighted by Gasteiger charge is 2.72. The molecule has 1 saturated heterocycles. The van der Waals surface area contributed by atoms with Crippen molar-refractivity contribution in [2.75, 3.05) is 20.3 Å². The zero-order chi connectivity index (χ0) is 25.0. The van der Waals surface area contributed by atoms with E-state index in [1.54, 1.807) is 6.20 Å². The molecule has 4 saturated carbocycles. The van der Waals surface area contributed by atoms with Crippen LogP contribution in [-0.4, -0.2) is 53.3 Å². The second kappa shape index (κ2) is 9.29. The Morgan fingerprint density at radius 2 is 1.92 bits per heavy atom. The number of nitrogens with zero attached hydrogens (tertiary/aromatic N) is 2. The van der Waals surface area contributed by atoms with Crippen molar-refractivity contribution in [3.8, 4) is 0 Å². The molecule has 6 rings (SSSR count). The van der Waals surface area contributed by atoms with E-state index < -0.39 is 11.2 Å². The predicted octanol–water partition coefficient (Wildman–Crippen LogP) is 5.00. The zero-order valence-electron chi connectivity index (χ0n) is 22.7. The average molecular weight is 498 g/mol. The fourth-order valence-electron chi connectivity index (χ4n) is 10.2. The Labute approximate surface area is 217 Å². The summed E-state index contributed by atoms with van der Waals surface area (Å²) in [5, 5.41) is 24.4. The maximum atomic E-state index is 12.6. The van der Waals surface area contributed by atoms with Gasteiger partial charge in [0.15, 0.2) is 0 Å². The van der Waals surface area contributed by atoms with E-state index >= 15 is 0 Å². The number of methoxy groups -OCH3 is 1. The molecule has 200 valence electrons. The molecule has 5 aliphatic rings. The first-order valence-electron chi connectivity index (χ1n) is 14.8. The third-order valence-electron chi connectivity index (χ3n) is 12.3. The Morgan fingerprint density at radius 3 is 2.67 bits per heavy atom. The van der Waals surface area contributed by atoms with Crippen LogP contribution in [0.2, 0.25) is 0 Å². The van der Waals surface area contributed by atoms with Gasteiger partial charge in [-0.3, -0.25) is 0 Å². The molecule has 5 fully saturated rings. The molecule has 9 atom stereocenters. The van der Waals surface area contributed by atoms with Gasteiger partial charge in [-0.05, 0) is 113 Å². The van der Waals surface area contributed by atoms with Crippen LogP contribution in [0.25, 0.3) is 0 Å². The molecule has 36 heavy (non-hydrogen) atoms. The van der Waals surface area contributed by atoms with Gasteiger partial charge in [-0.1, -0.05) is 13.8 Å². The molecule has 0 aromatic carbocycles. The van der Waals surface area contributed by atoms with Gasteiger partial charge in [0.2, 0.25) is 0 Å². The van der Waals surface area contributed by atoms with E-state index in [0.717, 1.165) is 44.3 Å². The second-order valence-corrected chi connectivity index (χ2v) is 13.3. The van der Waals surface area contributed by atoms with Crippen LogP contribution in [0.4, 0.5) is 0 Å². The molecule has 4 unspecified atom stereocenters. The minimum Gasteiger partial charge on any atom is -0.389 e. The summed E-state index contributed by atoms with van der Waals surface area (Å²) in [5.74, 6) is 1.64. The molecular weight excluding hydrogens is 450 g/mol. The minimum atomic E-state index is -0.704. The lowest BCUT2D eigenvalue weighted by Gasteiger charge is -2.64. The van der Waals surface area contributed by atoms with E-state index in [1.165, 1.54) is 51.5 Å². The third-order valence-corrected chi connectivity index (χ3v) is 12.3. The Kier molecular flexibility index (Phi) is 6.50. The van der Waals surface area contributed by atoms with E-state index in [0.29, 0.717) is 35.3 Å². The molecule has 4 aliphatic carbocycles. The van der Waals surface area contributed by atoms with Gasteiger partial charge in [-0.15, -0.1) is 0 Å². The van der Waals surface area contributed by atoms with Crippen molar-refractivity contribution in [1.29, 1.82) is 0 Å². The highest BCUT2D eigenvalue weighted by atomic mass is 16.5. The van der Waals surface area contributed by atoms with E-state index in [-0.39, 0.29) is 5.41 Å². The van der Waals surface area contributed by atoms with Crippen molar-refractivity contribution in [2.24, 2.45) is 28.6 Å². The van der Waals surface area contributed by atoms with Crippen LogP contribution in [0, 0.1) is 28.6 Å². The number of hydrogen-bond donors (Lipinski definition) is 2. The molecule has 0 spiro atoms. The molecule has 6 heteroatoms. The van der Waals surface area contributed by atoms with Crippen LogP contribution in [0.5, 0.6) is 0 Å². The summed E-state index contributed by atoms with van der Waals surface area (Å²) in [6.45, 7) is 6.94. The number of fused-ring (bicyclic) bond motifs is 5. The number of aliphatic hydroxyl groups is 1. The lowest BCUT2D eigenvalue weighted by Crippen LogP contribution is -2.64. The molecule has 0 amide bonds. The summed E-state index contributed by atoms with van der Waals surface area (Å²) in [7, 11) is 1.83. The van der Waals surface area contributed by atoms with Crippen molar-refractivity contribution in [3.63, 3.8) is 0 Å². The van der Waals surface area contributed by atoms with E-state index in [4.69, 9.17) is 9.47 Å². The molecule has 2 heterocycles. The minimum absolute atomic E-state index is 0.309. The lowest BCUT2D eigenvalue weighted by atomic mass is 9.43. The van der Waals surface area contributed by atoms with Gasteiger partial charge >= 0.3 is 0 Å². The molecule has 1 aliphatic heterocycles. The molecule has 0 radical (unpaired) electrons. The largest absolute Gasteiger partial charge is 0.389 e. The van der Waals surface area contributed by atoms with E-state index in [2.05, 4.69) is 29.4 Å². The van der Waals surface area contributed by atoms with Gasteiger partial charge in [-0.2, -0.15) is 10.2 Å². The standard InChI is InChI=1S/C30H47N3O3/c1-27-12-8-24(36-18-11-23-5-4-16-31-23)19-21(27)6-7-26-25(27)9-13-28(2)29(26,34)14-15-30(28,35-3)22-10-17-32-33-20-22/h10,17,20-21,23-26,31,34H,4-9,11-16,18-19H2,1-3H3/t21?,23?,24?,25-,26-,27+,28+,29-,30?/m1/s1. The van der Waals surface area contributed by atoms with Gasteiger partial charge < -0.3 is 19.9 Å². The van der Waals surface area contributed by atoms with Crippen LogP contribution in [0.3, 0.4) is 0 Å². The summed E-state index contributed by atoms with van der Waals surface area (Å²) >= 11 is 0. The summed E-state index contributed by atoms with van der Waals surface area (Å²) < 4.78 is 12.8. The Morgan fingerprint density at radius 1 is 1.03 bits per heavy atom. The van der Waals surface area contributed by atoms with Gasteiger partial charge in [-0.25, -0.2) is 0 Å². The predicted molar refractivity (Wildman–Crippen MR) is 139 cm³/mol. The van der Waals surface area contributed by atoms with Crippen LogP contribution < -0.4 is 5.32 Å². The van der Waals surface area contributed by atoms with Crippen molar-refractivity contribution in [3.05, 3.63) is 24.0 Å². The van der Waals surface area contributed by atoms with Crippen molar-refractivity contribution < 1.29 is 14.6 Å². The third kappa shape index (κ3) is 3.57. The summed E-state index contributed by atoms with van der Waals surface area (Å²) in [5.41, 5.74) is -0.146. The first-order chi connectivity index (χ1) is 17.4. The molecule has 2 N–H and O–H groups in total. The number of ether oxygens (including phenoxy) is 2. The Balaban J connectivity index is 1.18. The summed E-state index contributed by atoms with van der Waals surface area (Å²) in [4.78, 5) is 0. The van der Waals surface area contributed by atoms with Crippen LogP contribution in [0.1, 0.15) is 96.5 Å². The Bertz CT molecular complexity index is 925. The molecular formula is C30H47N3O3. The molecule has 0 bridgehead atoms. The quantitative estimate of drug-likeness (QED) is 0.576. The maximum Gasteiger partial charge on any atom is 0.102 e. The zero-order valence-corrected chi connectivity index (χ0v) is 22.7. The van der Waals surface area contributed by atoms with Crippen molar-refractivity contribution in [1.82, 2.24) is 15.5 Å². The molecule has 1 aromatic rings. The number of hydrogen-bond acceptors (Lipinski definition) is 6. The SMILES string of the molecule is COC1(c2ccnnc2)CC[C@@]2(O)[C@@H]3CCC4CC(OCCC5CCCN5)CC[C@]4(C)[C@@H]3CC[C@]12C. The average Bonchev–Trinajstić information content (AvgIpc) is 3.49. The number of aromatic nitrogens is 2. The van der Waals surface area contributed by atoms with Gasteiger partial charge in [0.25, 0.3) is 0 Å². The topological polar surface area (TPSA) is 76.5 Å². The van der Waals surface area contributed by atoms with Crippen LogP contribution >= 0.6 is 0 Å². The molecule has 1 aromatic heterocycles. The number of nitrogens with one attached hydrogen (secondary N) is 1. The fraction of sp³-hybridized carbons (Fsp3) is 0.867. The first kappa shape index (κ1) is 25.2. The normalized spacial score (nSPS) is 48.3. The first-order valence-corrected chi connectivity index (χ1v) is 14.8. The van der Waals surface area contributed by atoms with Crippen molar-refractivity contribution >= 4 is 0 Å². The lowest BCUT2D eigenvalue weighted by molar-refractivity contribution is -0.244. The fourth-order valence-corrected chi connectivity index (χ4v) is 10.2. The Hall–Kier alpha value is -1.08. The number of rotatable bonds is 6.